The second kappa shape index (κ2) is 8.51. The lowest BCUT2D eigenvalue weighted by Gasteiger charge is -2.33. The van der Waals surface area contributed by atoms with Gasteiger partial charge in [0.2, 0.25) is 0 Å². The molecule has 2 aromatic rings. The Morgan fingerprint density at radius 3 is 2.54 bits per heavy atom. The van der Waals surface area contributed by atoms with Gasteiger partial charge in [-0.1, -0.05) is 13.8 Å². The van der Waals surface area contributed by atoms with E-state index in [-0.39, 0.29) is 42.5 Å². The van der Waals surface area contributed by atoms with Crippen molar-refractivity contribution in [2.45, 2.75) is 45.1 Å². The number of nitrogens with zero attached hydrogens (tertiary/aromatic N) is 1. The number of rotatable bonds is 5. The number of amides is 1. The first kappa shape index (κ1) is 22.6. The summed E-state index contributed by atoms with van der Waals surface area (Å²) >= 11 is 0. The molecule has 0 saturated heterocycles. The van der Waals surface area contributed by atoms with Crippen molar-refractivity contribution in [3.63, 3.8) is 0 Å². The second-order valence-electron chi connectivity index (χ2n) is 7.26. The summed E-state index contributed by atoms with van der Waals surface area (Å²) in [6.45, 7) is 6.31. The van der Waals surface area contributed by atoms with Gasteiger partial charge in [0.1, 0.15) is 5.82 Å². The lowest BCUT2D eigenvalue weighted by Crippen LogP contribution is -2.55. The number of carbonyl (C=O) groups excluding carboxylic acids is 1. The molecule has 26 heavy (non-hydrogen) atoms. The van der Waals surface area contributed by atoms with Crippen LogP contribution in [0.1, 0.15) is 55.6 Å². The summed E-state index contributed by atoms with van der Waals surface area (Å²) in [7, 11) is 0. The number of fused-ring (bicyclic) bond motifs is 1. The monoisotopic (exact) mass is 401 g/mol. The van der Waals surface area contributed by atoms with E-state index in [0.29, 0.717) is 28.9 Å². The smallest absolute Gasteiger partial charge is 0.252 e. The standard InChI is InChI=1S/C19H24FN3O.2ClH/c1-11(2)19(3,10-21)23-18(24)15-9-17(12-4-5-12)22-16-7-6-13(20)8-14(15)16;;/h6-9,11-12H,4-5,10,21H2,1-3H3,(H,23,24);2*1H. The molecule has 0 aliphatic heterocycles. The van der Waals surface area contributed by atoms with Gasteiger partial charge in [0.05, 0.1) is 16.6 Å². The van der Waals surface area contributed by atoms with Gasteiger partial charge in [0, 0.05) is 23.5 Å². The van der Waals surface area contributed by atoms with Crippen LogP contribution >= 0.6 is 24.8 Å². The largest absolute Gasteiger partial charge is 0.345 e. The summed E-state index contributed by atoms with van der Waals surface area (Å²) < 4.78 is 13.7. The summed E-state index contributed by atoms with van der Waals surface area (Å²) in [6, 6.07) is 6.21. The molecule has 7 heteroatoms. The van der Waals surface area contributed by atoms with Gasteiger partial charge in [-0.15, -0.1) is 24.8 Å². The molecule has 1 saturated carbocycles. The third kappa shape index (κ3) is 4.45. The predicted octanol–water partition coefficient (Wildman–Crippen LogP) is 4.20. The summed E-state index contributed by atoms with van der Waals surface area (Å²) in [5, 5.41) is 3.58. The zero-order valence-electron chi connectivity index (χ0n) is 15.2. The molecule has 4 nitrogen and oxygen atoms in total. The predicted molar refractivity (Wildman–Crippen MR) is 108 cm³/mol. The lowest BCUT2D eigenvalue weighted by atomic mass is 9.88. The van der Waals surface area contributed by atoms with E-state index in [2.05, 4.69) is 10.3 Å². The maximum Gasteiger partial charge on any atom is 0.252 e. The number of hydrogen-bond donors (Lipinski definition) is 2. The first-order chi connectivity index (χ1) is 11.3. The van der Waals surface area contributed by atoms with Crippen LogP contribution in [0.25, 0.3) is 10.9 Å². The maximum absolute atomic E-state index is 13.7. The van der Waals surface area contributed by atoms with E-state index in [0.717, 1.165) is 18.5 Å². The molecular weight excluding hydrogens is 376 g/mol. The summed E-state index contributed by atoms with van der Waals surface area (Å²) in [4.78, 5) is 17.5. The van der Waals surface area contributed by atoms with Gasteiger partial charge in [0.15, 0.2) is 0 Å². The number of benzene rings is 1. The van der Waals surface area contributed by atoms with E-state index >= 15 is 0 Å². The molecule has 0 radical (unpaired) electrons. The molecular formula is C19H26Cl2FN3O. The van der Waals surface area contributed by atoms with Crippen LogP contribution in [-0.4, -0.2) is 23.0 Å². The highest BCUT2D eigenvalue weighted by Gasteiger charge is 2.31. The van der Waals surface area contributed by atoms with Gasteiger partial charge >= 0.3 is 0 Å². The Bertz CT molecular complexity index is 796. The maximum atomic E-state index is 13.7. The van der Waals surface area contributed by atoms with E-state index in [1.807, 2.05) is 26.8 Å². The van der Waals surface area contributed by atoms with Crippen molar-refractivity contribution in [3.05, 3.63) is 41.3 Å². The molecule has 3 rings (SSSR count). The SMILES string of the molecule is CC(C)C(C)(CN)NC(=O)c1cc(C2CC2)nc2ccc(F)cc12.Cl.Cl. The molecule has 1 amide bonds. The Morgan fingerprint density at radius 1 is 1.35 bits per heavy atom. The number of carbonyl (C=O) groups is 1. The fraction of sp³-hybridized carbons (Fsp3) is 0.474. The van der Waals surface area contributed by atoms with Crippen LogP contribution in [0.5, 0.6) is 0 Å². The summed E-state index contributed by atoms with van der Waals surface area (Å²) in [5.41, 5.74) is 7.40. The van der Waals surface area contributed by atoms with E-state index in [9.17, 15) is 9.18 Å². The number of nitrogens with two attached hydrogens (primary N) is 1. The number of pyridine rings is 1. The number of aromatic nitrogens is 1. The van der Waals surface area contributed by atoms with Gasteiger partial charge < -0.3 is 11.1 Å². The molecule has 1 atom stereocenters. The van der Waals surface area contributed by atoms with E-state index in [1.54, 1.807) is 6.07 Å². The molecule has 1 unspecified atom stereocenters. The van der Waals surface area contributed by atoms with Gasteiger partial charge in [-0.3, -0.25) is 9.78 Å². The van der Waals surface area contributed by atoms with E-state index in [4.69, 9.17) is 5.73 Å². The second-order valence-corrected chi connectivity index (χ2v) is 7.26. The summed E-state index contributed by atoms with van der Waals surface area (Å²) in [6.07, 6.45) is 2.18. The molecule has 1 fully saturated rings. The van der Waals surface area contributed by atoms with Crippen molar-refractivity contribution in [2.24, 2.45) is 11.7 Å². The van der Waals surface area contributed by atoms with Gasteiger partial charge in [0.25, 0.3) is 5.91 Å². The molecule has 0 spiro atoms. The Labute approximate surface area is 165 Å². The first-order valence-electron chi connectivity index (χ1n) is 8.47. The summed E-state index contributed by atoms with van der Waals surface area (Å²) in [5.74, 6) is -0.00398. The third-order valence-electron chi connectivity index (χ3n) is 5.13. The number of hydrogen-bond acceptors (Lipinski definition) is 3. The van der Waals surface area contributed by atoms with Crippen LogP contribution in [0.3, 0.4) is 0 Å². The van der Waals surface area contributed by atoms with Gasteiger partial charge in [-0.2, -0.15) is 0 Å². The fourth-order valence-corrected chi connectivity index (χ4v) is 2.75. The van der Waals surface area contributed by atoms with E-state index in [1.165, 1.54) is 12.1 Å². The van der Waals surface area contributed by atoms with Crippen molar-refractivity contribution in [3.8, 4) is 0 Å². The minimum absolute atomic E-state index is 0. The first-order valence-corrected chi connectivity index (χ1v) is 8.47. The van der Waals surface area contributed by atoms with Crippen molar-refractivity contribution >= 4 is 41.6 Å². The average Bonchev–Trinajstić information content (AvgIpc) is 3.38. The highest BCUT2D eigenvalue weighted by atomic mass is 35.5. The van der Waals surface area contributed by atoms with Crippen LogP contribution in [-0.2, 0) is 0 Å². The zero-order valence-corrected chi connectivity index (χ0v) is 16.8. The Hall–Kier alpha value is -1.43. The normalized spacial score (nSPS) is 15.8. The van der Waals surface area contributed by atoms with Crippen molar-refractivity contribution in [1.29, 1.82) is 0 Å². The van der Waals surface area contributed by atoms with Crippen LogP contribution in [0.4, 0.5) is 4.39 Å². The minimum Gasteiger partial charge on any atom is -0.345 e. The molecule has 1 aliphatic carbocycles. The zero-order chi connectivity index (χ0) is 17.5. The van der Waals surface area contributed by atoms with Crippen molar-refractivity contribution < 1.29 is 9.18 Å². The Balaban J connectivity index is 0.00000169. The fourth-order valence-electron chi connectivity index (χ4n) is 2.75. The highest BCUT2D eigenvalue weighted by Crippen LogP contribution is 2.40. The van der Waals surface area contributed by atoms with Gasteiger partial charge in [-0.05, 0) is 49.9 Å². The molecule has 3 N–H and O–H groups in total. The van der Waals surface area contributed by atoms with E-state index < -0.39 is 5.54 Å². The topological polar surface area (TPSA) is 68.0 Å². The average molecular weight is 402 g/mol. The van der Waals surface area contributed by atoms with Crippen LogP contribution in [0.15, 0.2) is 24.3 Å². The molecule has 1 aliphatic rings. The molecule has 1 aromatic heterocycles. The lowest BCUT2D eigenvalue weighted by molar-refractivity contribution is 0.0885. The van der Waals surface area contributed by atoms with Crippen molar-refractivity contribution in [2.75, 3.05) is 6.54 Å². The minimum atomic E-state index is -0.514. The Kier molecular flexibility index (Phi) is 7.40. The Morgan fingerprint density at radius 2 is 2.00 bits per heavy atom. The van der Waals surface area contributed by atoms with Crippen LogP contribution in [0.2, 0.25) is 0 Å². The van der Waals surface area contributed by atoms with Crippen LogP contribution in [0, 0.1) is 11.7 Å². The number of halogens is 3. The van der Waals surface area contributed by atoms with Crippen LogP contribution < -0.4 is 11.1 Å². The third-order valence-corrected chi connectivity index (χ3v) is 5.13. The van der Waals surface area contributed by atoms with Gasteiger partial charge in [-0.25, -0.2) is 4.39 Å². The number of nitrogens with one attached hydrogen (secondary N) is 1. The molecule has 144 valence electrons. The highest BCUT2D eigenvalue weighted by molar-refractivity contribution is 6.06. The quantitative estimate of drug-likeness (QED) is 0.788. The molecule has 1 heterocycles. The molecule has 1 aromatic carbocycles. The van der Waals surface area contributed by atoms with Crippen molar-refractivity contribution in [1.82, 2.24) is 10.3 Å². The molecule has 0 bridgehead atoms.